The van der Waals surface area contributed by atoms with Crippen LogP contribution in [0.25, 0.3) is 11.3 Å². The van der Waals surface area contributed by atoms with Crippen molar-refractivity contribution >= 4 is 5.78 Å². The maximum absolute atomic E-state index is 11.4. The van der Waals surface area contributed by atoms with Crippen LogP contribution in [0.15, 0.2) is 24.3 Å². The van der Waals surface area contributed by atoms with Gasteiger partial charge < -0.3 is 4.74 Å². The average Bonchev–Trinajstić information content (AvgIpc) is 2.82. The fraction of sp³-hybridized carbons (Fsp3) is 0.286. The van der Waals surface area contributed by atoms with E-state index in [0.29, 0.717) is 12.2 Å². The number of ketones is 1. The maximum Gasteiger partial charge on any atom is 0.159 e. The fourth-order valence-corrected chi connectivity index (χ4v) is 2.24. The van der Waals surface area contributed by atoms with Crippen molar-refractivity contribution in [1.29, 1.82) is 0 Å². The van der Waals surface area contributed by atoms with Crippen LogP contribution >= 0.6 is 0 Å². The first-order valence-electron chi connectivity index (χ1n) is 6.01. The number of hydrogen-bond donors (Lipinski definition) is 1. The van der Waals surface area contributed by atoms with Gasteiger partial charge >= 0.3 is 0 Å². The first-order chi connectivity index (χ1) is 8.75. The molecular weight excluding hydrogens is 228 g/mol. The minimum atomic E-state index is 0.0671. The number of benzene rings is 1. The molecule has 0 radical (unpaired) electrons. The number of nitrogens with one attached hydrogen (secondary N) is 1. The molecule has 1 aromatic carbocycles. The lowest BCUT2D eigenvalue weighted by atomic mass is 10.0. The van der Waals surface area contributed by atoms with Gasteiger partial charge in [0.15, 0.2) is 5.78 Å². The van der Waals surface area contributed by atoms with Crippen LogP contribution in [0.5, 0.6) is 0 Å². The lowest BCUT2D eigenvalue weighted by Gasteiger charge is -2.12. The number of ether oxygens (including phenoxy) is 1. The molecule has 18 heavy (non-hydrogen) atoms. The quantitative estimate of drug-likeness (QED) is 0.822. The summed E-state index contributed by atoms with van der Waals surface area (Å²) in [5, 5.41) is 7.41. The van der Waals surface area contributed by atoms with Gasteiger partial charge in [0.25, 0.3) is 0 Å². The van der Waals surface area contributed by atoms with Crippen LogP contribution in [-0.2, 0) is 17.8 Å². The van der Waals surface area contributed by atoms with Crippen LogP contribution in [0.3, 0.4) is 0 Å². The zero-order chi connectivity index (χ0) is 12.5. The second-order valence-electron chi connectivity index (χ2n) is 4.47. The van der Waals surface area contributed by atoms with Crippen molar-refractivity contribution in [3.05, 3.63) is 41.1 Å². The Bertz CT molecular complexity index is 602. The zero-order valence-corrected chi connectivity index (χ0v) is 10.2. The molecule has 1 aliphatic heterocycles. The van der Waals surface area contributed by atoms with Crippen LogP contribution in [-0.4, -0.2) is 22.6 Å². The van der Waals surface area contributed by atoms with Gasteiger partial charge in [-0.25, -0.2) is 0 Å². The number of aromatic nitrogens is 2. The Balaban J connectivity index is 2.07. The molecule has 0 fully saturated rings. The predicted molar refractivity (Wildman–Crippen MR) is 67.4 cm³/mol. The van der Waals surface area contributed by atoms with Crippen LogP contribution in [0.4, 0.5) is 0 Å². The lowest BCUT2D eigenvalue weighted by Crippen LogP contribution is -2.08. The molecule has 0 amide bonds. The van der Waals surface area contributed by atoms with Crippen molar-refractivity contribution < 1.29 is 9.53 Å². The smallest absolute Gasteiger partial charge is 0.159 e. The molecular formula is C14H14N2O2. The Labute approximate surface area is 105 Å². The standard InChI is InChI=1S/C14H14N2O2/c1-9(17)10-3-2-4-11(7-10)14-12-8-18-6-5-13(12)15-16-14/h2-4,7H,5-6,8H2,1H3,(H,15,16). The van der Waals surface area contributed by atoms with Crippen LogP contribution < -0.4 is 0 Å². The third-order valence-electron chi connectivity index (χ3n) is 3.24. The Morgan fingerprint density at radius 3 is 3.17 bits per heavy atom. The van der Waals surface area contributed by atoms with E-state index in [4.69, 9.17) is 4.74 Å². The van der Waals surface area contributed by atoms with E-state index in [1.807, 2.05) is 24.3 Å². The van der Waals surface area contributed by atoms with E-state index < -0.39 is 0 Å². The van der Waals surface area contributed by atoms with Crippen molar-refractivity contribution in [2.75, 3.05) is 6.61 Å². The van der Waals surface area contributed by atoms with Gasteiger partial charge in [-0.3, -0.25) is 9.89 Å². The van der Waals surface area contributed by atoms with Crippen molar-refractivity contribution in [1.82, 2.24) is 10.2 Å². The van der Waals surface area contributed by atoms with E-state index in [1.165, 1.54) is 0 Å². The van der Waals surface area contributed by atoms with Gasteiger partial charge in [0, 0.05) is 28.8 Å². The van der Waals surface area contributed by atoms with Gasteiger partial charge in [0.05, 0.1) is 18.9 Å². The van der Waals surface area contributed by atoms with Crippen molar-refractivity contribution in [3.63, 3.8) is 0 Å². The van der Waals surface area contributed by atoms with E-state index in [-0.39, 0.29) is 5.78 Å². The van der Waals surface area contributed by atoms with E-state index >= 15 is 0 Å². The summed E-state index contributed by atoms with van der Waals surface area (Å²) in [6, 6.07) is 7.56. The number of Topliss-reactive ketones (excluding diaryl/α,β-unsaturated/α-hetero) is 1. The van der Waals surface area contributed by atoms with Crippen LogP contribution in [0.1, 0.15) is 28.5 Å². The highest BCUT2D eigenvalue weighted by atomic mass is 16.5. The molecule has 92 valence electrons. The van der Waals surface area contributed by atoms with E-state index in [0.717, 1.165) is 35.5 Å². The highest BCUT2D eigenvalue weighted by Gasteiger charge is 2.18. The molecule has 0 atom stereocenters. The van der Waals surface area contributed by atoms with Gasteiger partial charge in [-0.05, 0) is 13.0 Å². The molecule has 1 aliphatic rings. The molecule has 2 aromatic rings. The summed E-state index contributed by atoms with van der Waals surface area (Å²) in [6.07, 6.45) is 0.870. The number of carbonyl (C=O) groups excluding carboxylic acids is 1. The molecule has 0 bridgehead atoms. The molecule has 1 N–H and O–H groups in total. The lowest BCUT2D eigenvalue weighted by molar-refractivity contribution is 0.101. The summed E-state index contributed by atoms with van der Waals surface area (Å²) >= 11 is 0. The molecule has 0 spiro atoms. The molecule has 0 unspecified atom stereocenters. The van der Waals surface area contributed by atoms with Crippen molar-refractivity contribution in [3.8, 4) is 11.3 Å². The molecule has 0 aliphatic carbocycles. The summed E-state index contributed by atoms with van der Waals surface area (Å²) in [5.41, 5.74) is 4.82. The molecule has 3 rings (SSSR count). The van der Waals surface area contributed by atoms with E-state index in [9.17, 15) is 4.79 Å². The predicted octanol–water partition coefficient (Wildman–Crippen LogP) is 2.35. The van der Waals surface area contributed by atoms with Gasteiger partial charge in [-0.15, -0.1) is 0 Å². The van der Waals surface area contributed by atoms with Gasteiger partial charge in [0.2, 0.25) is 0 Å². The third kappa shape index (κ3) is 1.84. The first kappa shape index (κ1) is 11.2. The van der Waals surface area contributed by atoms with E-state index in [2.05, 4.69) is 10.2 Å². The molecule has 4 heteroatoms. The third-order valence-corrected chi connectivity index (χ3v) is 3.24. The monoisotopic (exact) mass is 242 g/mol. The Kier molecular flexibility index (Phi) is 2.72. The maximum atomic E-state index is 11.4. The van der Waals surface area contributed by atoms with Crippen LogP contribution in [0, 0.1) is 0 Å². The fourth-order valence-electron chi connectivity index (χ4n) is 2.24. The number of rotatable bonds is 2. The van der Waals surface area contributed by atoms with Crippen molar-refractivity contribution in [2.45, 2.75) is 20.0 Å². The number of nitrogens with zero attached hydrogens (tertiary/aromatic N) is 1. The Morgan fingerprint density at radius 2 is 2.33 bits per heavy atom. The number of hydrogen-bond acceptors (Lipinski definition) is 3. The highest BCUT2D eigenvalue weighted by molar-refractivity contribution is 5.95. The SMILES string of the molecule is CC(=O)c1cccc(-c2n[nH]c3c2COCC3)c1. The van der Waals surface area contributed by atoms with E-state index in [1.54, 1.807) is 6.92 Å². The number of carbonyl (C=O) groups is 1. The molecule has 2 heterocycles. The summed E-state index contributed by atoms with van der Waals surface area (Å²) in [5.74, 6) is 0.0671. The zero-order valence-electron chi connectivity index (χ0n) is 10.2. The van der Waals surface area contributed by atoms with Gasteiger partial charge in [-0.2, -0.15) is 5.10 Å². The Morgan fingerprint density at radius 1 is 1.44 bits per heavy atom. The van der Waals surface area contributed by atoms with Gasteiger partial charge in [0.1, 0.15) is 0 Å². The van der Waals surface area contributed by atoms with Gasteiger partial charge in [-0.1, -0.05) is 18.2 Å². The molecule has 0 saturated carbocycles. The normalized spacial score (nSPS) is 14.3. The second kappa shape index (κ2) is 4.38. The molecule has 4 nitrogen and oxygen atoms in total. The first-order valence-corrected chi connectivity index (χ1v) is 6.01. The Hall–Kier alpha value is -1.94. The molecule has 0 saturated heterocycles. The summed E-state index contributed by atoms with van der Waals surface area (Å²) in [6.45, 7) is 2.90. The minimum Gasteiger partial charge on any atom is -0.376 e. The molecule has 1 aromatic heterocycles. The number of fused-ring (bicyclic) bond motifs is 1. The summed E-state index contributed by atoms with van der Waals surface area (Å²) in [7, 11) is 0. The van der Waals surface area contributed by atoms with Crippen LogP contribution in [0.2, 0.25) is 0 Å². The highest BCUT2D eigenvalue weighted by Crippen LogP contribution is 2.27. The summed E-state index contributed by atoms with van der Waals surface area (Å²) in [4.78, 5) is 11.4. The summed E-state index contributed by atoms with van der Waals surface area (Å²) < 4.78 is 5.47. The number of aromatic amines is 1. The van der Waals surface area contributed by atoms with Crippen molar-refractivity contribution in [2.24, 2.45) is 0 Å². The average molecular weight is 242 g/mol. The number of H-pyrrole nitrogens is 1. The largest absolute Gasteiger partial charge is 0.376 e. The minimum absolute atomic E-state index is 0.0671. The second-order valence-corrected chi connectivity index (χ2v) is 4.47. The topological polar surface area (TPSA) is 55.0 Å².